The summed E-state index contributed by atoms with van der Waals surface area (Å²) in [6.07, 6.45) is 0.196. The van der Waals surface area contributed by atoms with Crippen LogP contribution in [0.1, 0.15) is 18.9 Å². The molecule has 104 valence electrons. The van der Waals surface area contributed by atoms with Gasteiger partial charge in [-0.05, 0) is 24.1 Å². The lowest BCUT2D eigenvalue weighted by Gasteiger charge is -2.23. The zero-order valence-corrected chi connectivity index (χ0v) is 10.8. The molecule has 1 aromatic rings. The first kappa shape index (κ1) is 15.0. The molecule has 6 heteroatoms. The normalized spacial score (nSPS) is 13.4. The molecule has 0 spiro atoms. The van der Waals surface area contributed by atoms with Gasteiger partial charge in [0.1, 0.15) is 5.75 Å². The predicted molar refractivity (Wildman–Crippen MR) is 67.7 cm³/mol. The van der Waals surface area contributed by atoms with Gasteiger partial charge < -0.3 is 20.3 Å². The van der Waals surface area contributed by atoms with Crippen LogP contribution in [0.3, 0.4) is 0 Å². The number of benzene rings is 1. The summed E-state index contributed by atoms with van der Waals surface area (Å²) in [5.41, 5.74) is -1.41. The number of aliphatic carboxylic acids is 1. The highest BCUT2D eigenvalue weighted by Gasteiger charge is 2.36. The van der Waals surface area contributed by atoms with Crippen LogP contribution in [0.4, 0.5) is 0 Å². The second kappa shape index (κ2) is 6.19. The number of carboxylic acid groups (broad SMARTS) is 1. The minimum atomic E-state index is -2.24. The Morgan fingerprint density at radius 3 is 2.32 bits per heavy atom. The number of aliphatic hydroxyl groups is 1. The maximum atomic E-state index is 11.0. The van der Waals surface area contributed by atoms with Gasteiger partial charge in [-0.1, -0.05) is 12.1 Å². The number of amides is 1. The van der Waals surface area contributed by atoms with E-state index >= 15 is 0 Å². The number of rotatable bonds is 6. The van der Waals surface area contributed by atoms with Crippen LogP contribution in [-0.2, 0) is 16.0 Å². The largest absolute Gasteiger partial charge is 0.497 e. The molecule has 0 saturated carbocycles. The molecule has 0 aliphatic rings. The summed E-state index contributed by atoms with van der Waals surface area (Å²) in [5.74, 6) is -1.38. The van der Waals surface area contributed by atoms with Crippen molar-refractivity contribution in [3.05, 3.63) is 29.8 Å². The first-order valence-corrected chi connectivity index (χ1v) is 5.75. The minimum Gasteiger partial charge on any atom is -0.497 e. The van der Waals surface area contributed by atoms with Gasteiger partial charge in [-0.3, -0.25) is 4.79 Å². The molecule has 3 N–H and O–H groups in total. The van der Waals surface area contributed by atoms with Crippen molar-refractivity contribution in [1.82, 2.24) is 5.32 Å². The number of methoxy groups -OCH3 is 1. The summed E-state index contributed by atoms with van der Waals surface area (Å²) < 4.78 is 5.00. The van der Waals surface area contributed by atoms with E-state index in [2.05, 4.69) is 0 Å². The maximum Gasteiger partial charge on any atom is 0.357 e. The molecule has 0 fully saturated rings. The standard InChI is InChI=1S/C13H17NO5/c1-9(15)14-13(18,12(16)17)8-7-10-3-5-11(19-2)6-4-10/h3-6,18H,7-8H2,1-2H3,(H,14,15)(H,16,17)/t13-/m0/s1. The lowest BCUT2D eigenvalue weighted by molar-refractivity contribution is -0.166. The van der Waals surface area contributed by atoms with Crippen LogP contribution in [-0.4, -0.2) is 34.9 Å². The average molecular weight is 267 g/mol. The minimum absolute atomic E-state index is 0.117. The Hall–Kier alpha value is -2.08. The van der Waals surface area contributed by atoms with Crippen molar-refractivity contribution in [2.24, 2.45) is 0 Å². The number of nitrogens with one attached hydrogen (secondary N) is 1. The van der Waals surface area contributed by atoms with Gasteiger partial charge >= 0.3 is 5.97 Å². The van der Waals surface area contributed by atoms with Gasteiger partial charge in [0, 0.05) is 13.3 Å². The number of carboxylic acids is 1. The molecule has 6 nitrogen and oxygen atoms in total. The Bertz CT molecular complexity index is 457. The van der Waals surface area contributed by atoms with Crippen molar-refractivity contribution in [3.63, 3.8) is 0 Å². The molecule has 0 aromatic heterocycles. The van der Waals surface area contributed by atoms with E-state index in [1.54, 1.807) is 31.4 Å². The van der Waals surface area contributed by atoms with Gasteiger partial charge in [0.25, 0.3) is 0 Å². The number of hydrogen-bond donors (Lipinski definition) is 3. The van der Waals surface area contributed by atoms with Crippen LogP contribution in [0.25, 0.3) is 0 Å². The van der Waals surface area contributed by atoms with E-state index in [9.17, 15) is 14.7 Å². The predicted octanol–water partition coefficient (Wildman–Crippen LogP) is 0.537. The summed E-state index contributed by atoms with van der Waals surface area (Å²) in [7, 11) is 1.55. The van der Waals surface area contributed by atoms with Crippen LogP contribution in [0, 0.1) is 0 Å². The monoisotopic (exact) mass is 267 g/mol. The Morgan fingerprint density at radius 2 is 1.89 bits per heavy atom. The fourth-order valence-electron chi connectivity index (χ4n) is 1.63. The molecule has 1 amide bonds. The van der Waals surface area contributed by atoms with Crippen LogP contribution >= 0.6 is 0 Å². The van der Waals surface area contributed by atoms with Crippen LogP contribution in [0.15, 0.2) is 24.3 Å². The smallest absolute Gasteiger partial charge is 0.357 e. The number of aryl methyl sites for hydroxylation is 1. The quantitative estimate of drug-likeness (QED) is 0.654. The molecule has 0 saturated heterocycles. The van der Waals surface area contributed by atoms with Gasteiger partial charge in [-0.2, -0.15) is 0 Å². The Balaban J connectivity index is 2.70. The number of hydrogen-bond acceptors (Lipinski definition) is 4. The van der Waals surface area contributed by atoms with E-state index in [-0.39, 0.29) is 6.42 Å². The molecule has 0 aliphatic carbocycles. The second-order valence-electron chi connectivity index (χ2n) is 4.19. The van der Waals surface area contributed by atoms with Crippen molar-refractivity contribution < 1.29 is 24.5 Å². The third kappa shape index (κ3) is 4.26. The first-order valence-electron chi connectivity index (χ1n) is 5.75. The van der Waals surface area contributed by atoms with Gasteiger partial charge in [-0.25, -0.2) is 4.79 Å². The van der Waals surface area contributed by atoms with Crippen LogP contribution < -0.4 is 10.1 Å². The molecule has 0 unspecified atom stereocenters. The zero-order valence-electron chi connectivity index (χ0n) is 10.8. The van der Waals surface area contributed by atoms with Gasteiger partial charge in [0.2, 0.25) is 11.6 Å². The van der Waals surface area contributed by atoms with E-state index in [0.29, 0.717) is 12.2 Å². The molecule has 1 rings (SSSR count). The summed E-state index contributed by atoms with van der Waals surface area (Å²) >= 11 is 0. The molecule has 0 bridgehead atoms. The third-order valence-electron chi connectivity index (χ3n) is 2.67. The average Bonchev–Trinajstić information content (AvgIpc) is 2.36. The molecule has 0 heterocycles. The number of carbonyl (C=O) groups is 2. The number of carbonyl (C=O) groups excluding carboxylic acids is 1. The molecule has 19 heavy (non-hydrogen) atoms. The van der Waals surface area contributed by atoms with E-state index in [1.807, 2.05) is 5.32 Å². The Kier molecular flexibility index (Phi) is 4.88. The highest BCUT2D eigenvalue weighted by Crippen LogP contribution is 2.16. The first-order chi connectivity index (χ1) is 8.87. The molecule has 1 aromatic carbocycles. The zero-order chi connectivity index (χ0) is 14.5. The van der Waals surface area contributed by atoms with Crippen molar-refractivity contribution in [2.45, 2.75) is 25.5 Å². The fraction of sp³-hybridized carbons (Fsp3) is 0.385. The van der Waals surface area contributed by atoms with Gasteiger partial charge in [-0.15, -0.1) is 0 Å². The topological polar surface area (TPSA) is 95.9 Å². The highest BCUT2D eigenvalue weighted by molar-refractivity contribution is 5.84. The molecule has 0 radical (unpaired) electrons. The Morgan fingerprint density at radius 1 is 1.32 bits per heavy atom. The van der Waals surface area contributed by atoms with E-state index in [4.69, 9.17) is 9.84 Å². The van der Waals surface area contributed by atoms with Crippen LogP contribution in [0.5, 0.6) is 5.75 Å². The highest BCUT2D eigenvalue weighted by atomic mass is 16.5. The molecule has 0 aliphatic heterocycles. The van der Waals surface area contributed by atoms with Gasteiger partial charge in [0.15, 0.2) is 0 Å². The SMILES string of the molecule is COc1ccc(CC[C@@](O)(NC(C)=O)C(=O)O)cc1. The summed E-state index contributed by atoms with van der Waals surface area (Å²) in [4.78, 5) is 21.9. The van der Waals surface area contributed by atoms with Crippen molar-refractivity contribution >= 4 is 11.9 Å². The van der Waals surface area contributed by atoms with E-state index < -0.39 is 17.6 Å². The van der Waals surface area contributed by atoms with Crippen molar-refractivity contribution in [2.75, 3.05) is 7.11 Å². The van der Waals surface area contributed by atoms with Crippen molar-refractivity contribution in [3.8, 4) is 5.75 Å². The Labute approximate surface area is 111 Å². The van der Waals surface area contributed by atoms with Gasteiger partial charge in [0.05, 0.1) is 7.11 Å². The number of ether oxygens (including phenoxy) is 1. The van der Waals surface area contributed by atoms with E-state index in [0.717, 1.165) is 12.5 Å². The lowest BCUT2D eigenvalue weighted by atomic mass is 10.0. The van der Waals surface area contributed by atoms with Crippen LogP contribution in [0.2, 0.25) is 0 Å². The second-order valence-corrected chi connectivity index (χ2v) is 4.19. The summed E-state index contributed by atoms with van der Waals surface area (Å²) in [6.45, 7) is 1.15. The van der Waals surface area contributed by atoms with Crippen molar-refractivity contribution in [1.29, 1.82) is 0 Å². The molecule has 1 atom stereocenters. The molecular formula is C13H17NO5. The maximum absolute atomic E-state index is 11.0. The molecular weight excluding hydrogens is 250 g/mol. The summed E-state index contributed by atoms with van der Waals surface area (Å²) in [6, 6.07) is 7.03. The third-order valence-corrected chi connectivity index (χ3v) is 2.67. The fourth-order valence-corrected chi connectivity index (χ4v) is 1.63. The summed E-state index contributed by atoms with van der Waals surface area (Å²) in [5, 5.41) is 20.9. The lowest BCUT2D eigenvalue weighted by Crippen LogP contribution is -2.54. The van der Waals surface area contributed by atoms with E-state index in [1.165, 1.54) is 0 Å².